The molecule has 0 aromatic heterocycles. The van der Waals surface area contributed by atoms with Crippen LogP contribution in [0.5, 0.6) is 5.75 Å². The molecule has 1 unspecified atom stereocenters. The fourth-order valence-electron chi connectivity index (χ4n) is 4.28. The normalized spacial score (nSPS) is 25.5. The second-order valence-electron chi connectivity index (χ2n) is 8.14. The van der Waals surface area contributed by atoms with E-state index >= 15 is 0 Å². The second kappa shape index (κ2) is 8.76. The van der Waals surface area contributed by atoms with Gasteiger partial charge in [0.1, 0.15) is 11.2 Å². The molecular formula is C24H30N2O4. The molecule has 0 radical (unpaired) electrons. The van der Waals surface area contributed by atoms with Crippen LogP contribution in [-0.4, -0.2) is 69.3 Å². The minimum absolute atomic E-state index is 0.178. The number of esters is 1. The highest BCUT2D eigenvalue weighted by molar-refractivity contribution is 5.88. The van der Waals surface area contributed by atoms with Crippen LogP contribution in [-0.2, 0) is 19.7 Å². The highest BCUT2D eigenvalue weighted by Crippen LogP contribution is 2.52. The number of rotatable bonds is 7. The van der Waals surface area contributed by atoms with E-state index in [2.05, 4.69) is 16.8 Å². The summed E-state index contributed by atoms with van der Waals surface area (Å²) in [5, 5.41) is 0. The lowest BCUT2D eigenvalue weighted by Gasteiger charge is -2.38. The molecule has 2 aliphatic rings. The van der Waals surface area contributed by atoms with Gasteiger partial charge in [-0.15, -0.1) is 0 Å². The molecule has 0 spiro atoms. The first-order chi connectivity index (χ1) is 14.6. The van der Waals surface area contributed by atoms with E-state index in [0.29, 0.717) is 6.42 Å². The smallest absolute Gasteiger partial charge is 0.321 e. The van der Waals surface area contributed by atoms with Gasteiger partial charge in [-0.25, -0.2) is 0 Å². The van der Waals surface area contributed by atoms with Gasteiger partial charge in [0.2, 0.25) is 0 Å². The van der Waals surface area contributed by atoms with E-state index in [1.165, 1.54) is 0 Å². The summed E-state index contributed by atoms with van der Waals surface area (Å²) in [7, 11) is 5.40. The Morgan fingerprint density at radius 1 is 1.00 bits per heavy atom. The molecule has 0 bridgehead atoms. The van der Waals surface area contributed by atoms with Crippen molar-refractivity contribution in [1.29, 1.82) is 0 Å². The van der Waals surface area contributed by atoms with Crippen molar-refractivity contribution in [2.45, 2.75) is 24.2 Å². The molecule has 30 heavy (non-hydrogen) atoms. The number of carbonyl (C=O) groups is 1. The molecule has 160 valence electrons. The van der Waals surface area contributed by atoms with E-state index in [9.17, 15) is 4.79 Å². The maximum Gasteiger partial charge on any atom is 0.321 e. The standard InChI is InChI=1S/C24H30N2O4/c1-25-13-15-26(16-14-25)22(18-7-5-4-6-8-18)30-23(27)24(17-21(24)29-3)19-9-11-20(28-2)12-10-19/h4-12,21-22H,13-17H2,1-3H3/t21-,22?,24-/m0/s1. The molecular weight excluding hydrogens is 380 g/mol. The van der Waals surface area contributed by atoms with Crippen molar-refractivity contribution >= 4 is 5.97 Å². The van der Waals surface area contributed by atoms with Gasteiger partial charge in [-0.1, -0.05) is 42.5 Å². The number of hydrogen-bond acceptors (Lipinski definition) is 6. The zero-order valence-corrected chi connectivity index (χ0v) is 17.9. The molecule has 2 aromatic rings. The van der Waals surface area contributed by atoms with Gasteiger partial charge in [0, 0.05) is 38.9 Å². The van der Waals surface area contributed by atoms with E-state index in [1.807, 2.05) is 54.6 Å². The Balaban J connectivity index is 1.60. The van der Waals surface area contributed by atoms with Crippen LogP contribution in [0.2, 0.25) is 0 Å². The molecule has 1 heterocycles. The van der Waals surface area contributed by atoms with E-state index in [1.54, 1.807) is 14.2 Å². The third-order valence-electron chi connectivity index (χ3n) is 6.32. The van der Waals surface area contributed by atoms with Crippen molar-refractivity contribution in [3.63, 3.8) is 0 Å². The first-order valence-corrected chi connectivity index (χ1v) is 10.4. The molecule has 1 saturated carbocycles. The molecule has 4 rings (SSSR count). The predicted octanol–water partition coefficient (Wildman–Crippen LogP) is 2.84. The lowest BCUT2D eigenvalue weighted by atomic mass is 9.95. The quantitative estimate of drug-likeness (QED) is 0.655. The largest absolute Gasteiger partial charge is 0.497 e. The Labute approximate surface area is 178 Å². The van der Waals surface area contributed by atoms with Gasteiger partial charge in [-0.2, -0.15) is 0 Å². The maximum atomic E-state index is 13.6. The van der Waals surface area contributed by atoms with Gasteiger partial charge in [0.05, 0.1) is 13.2 Å². The molecule has 0 amide bonds. The van der Waals surface area contributed by atoms with Crippen molar-refractivity contribution < 1.29 is 19.0 Å². The van der Waals surface area contributed by atoms with E-state index in [0.717, 1.165) is 43.1 Å². The van der Waals surface area contributed by atoms with Gasteiger partial charge in [0.15, 0.2) is 6.23 Å². The number of piperazine rings is 1. The monoisotopic (exact) mass is 410 g/mol. The number of likely N-dealkylation sites (N-methyl/N-ethyl adjacent to an activating group) is 1. The SMILES string of the molecule is COc1ccc([C@@]2(C(=O)OC(c3ccccc3)N3CCN(C)CC3)C[C@@H]2OC)cc1. The summed E-state index contributed by atoms with van der Waals surface area (Å²) in [6.45, 7) is 3.61. The Hall–Kier alpha value is -2.41. The van der Waals surface area contributed by atoms with Crippen LogP contribution >= 0.6 is 0 Å². The first kappa shape index (κ1) is 20.8. The number of nitrogens with zero attached hydrogens (tertiary/aromatic N) is 2. The van der Waals surface area contributed by atoms with Crippen LogP contribution < -0.4 is 4.74 Å². The van der Waals surface area contributed by atoms with Crippen molar-refractivity contribution in [2.24, 2.45) is 0 Å². The van der Waals surface area contributed by atoms with Crippen molar-refractivity contribution in [3.05, 3.63) is 65.7 Å². The lowest BCUT2D eigenvalue weighted by Crippen LogP contribution is -2.47. The number of methoxy groups -OCH3 is 2. The average molecular weight is 411 g/mol. The summed E-state index contributed by atoms with van der Waals surface area (Å²) in [6, 6.07) is 17.6. The van der Waals surface area contributed by atoms with Gasteiger partial charge in [0.25, 0.3) is 0 Å². The highest BCUT2D eigenvalue weighted by atomic mass is 16.6. The van der Waals surface area contributed by atoms with Gasteiger partial charge >= 0.3 is 5.97 Å². The van der Waals surface area contributed by atoms with Crippen LogP contribution in [0.4, 0.5) is 0 Å². The van der Waals surface area contributed by atoms with Crippen LogP contribution in [0.3, 0.4) is 0 Å². The minimum Gasteiger partial charge on any atom is -0.497 e. The molecule has 6 nitrogen and oxygen atoms in total. The summed E-state index contributed by atoms with van der Waals surface area (Å²) in [5.74, 6) is 0.531. The lowest BCUT2D eigenvalue weighted by molar-refractivity contribution is -0.166. The average Bonchev–Trinajstić information content (AvgIpc) is 3.55. The van der Waals surface area contributed by atoms with Crippen LogP contribution in [0, 0.1) is 0 Å². The zero-order chi connectivity index (χ0) is 21.1. The summed E-state index contributed by atoms with van der Waals surface area (Å²) >= 11 is 0. The topological polar surface area (TPSA) is 51.2 Å². The van der Waals surface area contributed by atoms with Gasteiger partial charge < -0.3 is 19.1 Å². The van der Waals surface area contributed by atoms with Crippen molar-refractivity contribution in [1.82, 2.24) is 9.80 Å². The van der Waals surface area contributed by atoms with Gasteiger partial charge in [-0.05, 0) is 31.2 Å². The molecule has 0 N–H and O–H groups in total. The van der Waals surface area contributed by atoms with Gasteiger partial charge in [-0.3, -0.25) is 9.69 Å². The summed E-state index contributed by atoms with van der Waals surface area (Å²) in [5.41, 5.74) is 1.14. The minimum atomic E-state index is -0.763. The molecule has 1 saturated heterocycles. The van der Waals surface area contributed by atoms with E-state index in [-0.39, 0.29) is 12.1 Å². The third kappa shape index (κ3) is 3.95. The van der Waals surface area contributed by atoms with Crippen LogP contribution in [0.15, 0.2) is 54.6 Å². The van der Waals surface area contributed by atoms with E-state index in [4.69, 9.17) is 14.2 Å². The number of ether oxygens (including phenoxy) is 3. The molecule has 2 aromatic carbocycles. The van der Waals surface area contributed by atoms with Crippen molar-refractivity contribution in [2.75, 3.05) is 47.4 Å². The first-order valence-electron chi connectivity index (χ1n) is 10.4. The fourth-order valence-corrected chi connectivity index (χ4v) is 4.28. The van der Waals surface area contributed by atoms with E-state index < -0.39 is 11.6 Å². The summed E-state index contributed by atoms with van der Waals surface area (Å²) in [4.78, 5) is 18.1. The predicted molar refractivity (Wildman–Crippen MR) is 114 cm³/mol. The Morgan fingerprint density at radius 3 is 2.23 bits per heavy atom. The highest BCUT2D eigenvalue weighted by Gasteiger charge is 2.64. The zero-order valence-electron chi connectivity index (χ0n) is 17.9. The maximum absolute atomic E-state index is 13.6. The number of hydrogen-bond donors (Lipinski definition) is 0. The number of benzene rings is 2. The molecule has 1 aliphatic heterocycles. The Morgan fingerprint density at radius 2 is 1.67 bits per heavy atom. The third-order valence-corrected chi connectivity index (χ3v) is 6.32. The molecule has 1 aliphatic carbocycles. The molecule has 2 fully saturated rings. The number of carbonyl (C=O) groups excluding carboxylic acids is 1. The fraction of sp³-hybridized carbons (Fsp3) is 0.458. The Bertz CT molecular complexity index is 849. The molecule has 3 atom stereocenters. The van der Waals surface area contributed by atoms with Crippen LogP contribution in [0.1, 0.15) is 23.8 Å². The van der Waals surface area contributed by atoms with Crippen molar-refractivity contribution in [3.8, 4) is 5.75 Å². The molecule has 6 heteroatoms. The Kier molecular flexibility index (Phi) is 6.09. The van der Waals surface area contributed by atoms with Crippen LogP contribution in [0.25, 0.3) is 0 Å². The summed E-state index contributed by atoms with van der Waals surface area (Å²) in [6.07, 6.45) is 0.0433. The summed E-state index contributed by atoms with van der Waals surface area (Å²) < 4.78 is 17.1. The second-order valence-corrected chi connectivity index (χ2v) is 8.14.